The van der Waals surface area contributed by atoms with Gasteiger partial charge in [0, 0.05) is 19.4 Å². The van der Waals surface area contributed by atoms with Gasteiger partial charge in [0.15, 0.2) is 0 Å². The number of hydrogen-bond acceptors (Lipinski definition) is 6. The van der Waals surface area contributed by atoms with E-state index in [0.717, 1.165) is 6.20 Å². The van der Waals surface area contributed by atoms with Gasteiger partial charge in [-0.2, -0.15) is 23.3 Å². The molecule has 10 heteroatoms. The van der Waals surface area contributed by atoms with Crippen molar-refractivity contribution >= 4 is 17.5 Å². The molecule has 0 aliphatic rings. The number of aliphatic hydroxyl groups is 1. The molecule has 0 aromatic carbocycles. The average molecular weight is 344 g/mol. The highest BCUT2D eigenvalue weighted by Crippen LogP contribution is 2.34. The summed E-state index contributed by atoms with van der Waals surface area (Å²) >= 11 is 0. The average Bonchev–Trinajstić information content (AvgIpc) is 2.88. The number of rotatable bonds is 5. The minimum atomic E-state index is -4.54. The predicted molar refractivity (Wildman–Crippen MR) is 83.2 cm³/mol. The van der Waals surface area contributed by atoms with Crippen LogP contribution in [-0.4, -0.2) is 38.5 Å². The Morgan fingerprint density at radius 3 is 2.50 bits per heavy atom. The third-order valence-electron chi connectivity index (χ3n) is 3.48. The summed E-state index contributed by atoms with van der Waals surface area (Å²) in [7, 11) is 1.36. The number of anilines is 3. The van der Waals surface area contributed by atoms with Gasteiger partial charge in [0.2, 0.25) is 5.95 Å². The van der Waals surface area contributed by atoms with Crippen molar-refractivity contribution < 1.29 is 18.3 Å². The molecule has 0 aliphatic carbocycles. The maximum absolute atomic E-state index is 12.9. The van der Waals surface area contributed by atoms with Crippen LogP contribution in [0.15, 0.2) is 12.4 Å². The van der Waals surface area contributed by atoms with Crippen molar-refractivity contribution in [3.05, 3.63) is 23.7 Å². The SMILES string of the molecule is CNc1nc(Nc2cn(C(C)(C)CO)nc2C)ncc1C(F)(F)F. The van der Waals surface area contributed by atoms with Crippen LogP contribution in [0.3, 0.4) is 0 Å². The number of alkyl halides is 3. The first-order chi connectivity index (χ1) is 11.1. The van der Waals surface area contributed by atoms with Crippen LogP contribution < -0.4 is 10.6 Å². The third-order valence-corrected chi connectivity index (χ3v) is 3.48. The van der Waals surface area contributed by atoms with Crippen molar-refractivity contribution in [2.45, 2.75) is 32.5 Å². The van der Waals surface area contributed by atoms with Gasteiger partial charge in [0.05, 0.1) is 23.5 Å². The Morgan fingerprint density at radius 1 is 1.29 bits per heavy atom. The molecule has 0 fully saturated rings. The number of aryl methyl sites for hydroxylation is 1. The molecule has 0 saturated carbocycles. The van der Waals surface area contributed by atoms with E-state index in [1.807, 2.05) is 0 Å². The molecule has 0 amide bonds. The van der Waals surface area contributed by atoms with Crippen LogP contribution in [0.5, 0.6) is 0 Å². The lowest BCUT2D eigenvalue weighted by molar-refractivity contribution is -0.137. The van der Waals surface area contributed by atoms with E-state index in [2.05, 4.69) is 25.7 Å². The molecular weight excluding hydrogens is 325 g/mol. The molecule has 0 saturated heterocycles. The van der Waals surface area contributed by atoms with Crippen LogP contribution in [0.25, 0.3) is 0 Å². The molecule has 0 bridgehead atoms. The van der Waals surface area contributed by atoms with E-state index in [4.69, 9.17) is 0 Å². The van der Waals surface area contributed by atoms with Crippen molar-refractivity contribution in [1.82, 2.24) is 19.7 Å². The second-order valence-corrected chi connectivity index (χ2v) is 5.87. The van der Waals surface area contributed by atoms with E-state index in [-0.39, 0.29) is 18.4 Å². The summed E-state index contributed by atoms with van der Waals surface area (Å²) in [5.74, 6) is -0.308. The summed E-state index contributed by atoms with van der Waals surface area (Å²) < 4.78 is 40.1. The molecule has 2 heterocycles. The predicted octanol–water partition coefficient (Wildman–Crippen LogP) is 2.51. The highest BCUT2D eigenvalue weighted by atomic mass is 19.4. The van der Waals surface area contributed by atoms with Crippen LogP contribution in [0.2, 0.25) is 0 Å². The normalized spacial score (nSPS) is 12.3. The van der Waals surface area contributed by atoms with Crippen LogP contribution >= 0.6 is 0 Å². The van der Waals surface area contributed by atoms with Crippen molar-refractivity contribution in [3.63, 3.8) is 0 Å². The fraction of sp³-hybridized carbons (Fsp3) is 0.500. The van der Waals surface area contributed by atoms with Gasteiger partial charge in [-0.25, -0.2) is 4.98 Å². The molecule has 0 unspecified atom stereocenters. The smallest absolute Gasteiger partial charge is 0.394 e. The van der Waals surface area contributed by atoms with E-state index >= 15 is 0 Å². The number of aromatic nitrogens is 4. The van der Waals surface area contributed by atoms with Gasteiger partial charge in [0.25, 0.3) is 0 Å². The summed E-state index contributed by atoms with van der Waals surface area (Å²) in [5.41, 5.74) is -0.407. The Bertz CT molecular complexity index is 726. The van der Waals surface area contributed by atoms with Crippen molar-refractivity contribution in [2.75, 3.05) is 24.3 Å². The Kier molecular flexibility index (Phi) is 4.70. The van der Waals surface area contributed by atoms with E-state index < -0.39 is 17.3 Å². The van der Waals surface area contributed by atoms with E-state index in [9.17, 15) is 18.3 Å². The van der Waals surface area contributed by atoms with Gasteiger partial charge >= 0.3 is 6.18 Å². The number of nitrogens with zero attached hydrogens (tertiary/aromatic N) is 4. The molecule has 132 valence electrons. The maximum Gasteiger partial charge on any atom is 0.421 e. The molecular formula is C14H19F3N6O. The van der Waals surface area contributed by atoms with E-state index in [1.165, 1.54) is 7.05 Å². The molecule has 2 aromatic heterocycles. The zero-order chi connectivity index (χ0) is 18.1. The fourth-order valence-electron chi connectivity index (χ4n) is 1.93. The number of halogens is 3. The van der Waals surface area contributed by atoms with Crippen LogP contribution in [0.1, 0.15) is 25.1 Å². The van der Waals surface area contributed by atoms with Gasteiger partial charge in [-0.3, -0.25) is 4.68 Å². The van der Waals surface area contributed by atoms with Crippen LogP contribution in [0.4, 0.5) is 30.6 Å². The maximum atomic E-state index is 12.9. The van der Waals surface area contributed by atoms with Gasteiger partial charge in [-0.05, 0) is 20.8 Å². The number of hydrogen-bond donors (Lipinski definition) is 3. The van der Waals surface area contributed by atoms with Gasteiger partial charge in [-0.1, -0.05) is 0 Å². The van der Waals surface area contributed by atoms with Gasteiger partial charge in [0.1, 0.15) is 11.4 Å². The van der Waals surface area contributed by atoms with E-state index in [0.29, 0.717) is 11.4 Å². The third kappa shape index (κ3) is 3.58. The van der Waals surface area contributed by atoms with Crippen molar-refractivity contribution in [2.24, 2.45) is 0 Å². The molecule has 2 aromatic rings. The monoisotopic (exact) mass is 344 g/mol. The first kappa shape index (κ1) is 18.0. The quantitative estimate of drug-likeness (QED) is 0.772. The van der Waals surface area contributed by atoms with E-state index in [1.54, 1.807) is 31.6 Å². The Labute approximate surface area is 136 Å². The molecule has 24 heavy (non-hydrogen) atoms. The second kappa shape index (κ2) is 6.27. The largest absolute Gasteiger partial charge is 0.421 e. The second-order valence-electron chi connectivity index (χ2n) is 5.87. The Morgan fingerprint density at radius 2 is 1.96 bits per heavy atom. The summed E-state index contributed by atoms with van der Waals surface area (Å²) in [4.78, 5) is 7.56. The molecule has 7 nitrogen and oxygen atoms in total. The fourth-order valence-corrected chi connectivity index (χ4v) is 1.93. The molecule has 0 radical (unpaired) electrons. The number of aliphatic hydroxyl groups excluding tert-OH is 1. The molecule has 0 spiro atoms. The minimum Gasteiger partial charge on any atom is -0.394 e. The molecule has 3 N–H and O–H groups in total. The number of nitrogens with one attached hydrogen (secondary N) is 2. The van der Waals surface area contributed by atoms with Crippen LogP contribution in [0, 0.1) is 6.92 Å². The highest BCUT2D eigenvalue weighted by molar-refractivity contribution is 5.57. The topological polar surface area (TPSA) is 87.9 Å². The summed E-state index contributed by atoms with van der Waals surface area (Å²) in [6.45, 7) is 5.22. The first-order valence-corrected chi connectivity index (χ1v) is 7.15. The Balaban J connectivity index is 2.32. The lowest BCUT2D eigenvalue weighted by atomic mass is 10.1. The van der Waals surface area contributed by atoms with Crippen LogP contribution in [-0.2, 0) is 11.7 Å². The summed E-state index contributed by atoms with van der Waals surface area (Å²) in [6.07, 6.45) is -2.17. The lowest BCUT2D eigenvalue weighted by Crippen LogP contribution is -2.30. The van der Waals surface area contributed by atoms with Gasteiger partial charge < -0.3 is 15.7 Å². The Hall–Kier alpha value is -2.36. The van der Waals surface area contributed by atoms with Crippen molar-refractivity contribution in [3.8, 4) is 0 Å². The zero-order valence-electron chi connectivity index (χ0n) is 13.7. The minimum absolute atomic E-state index is 0.0109. The van der Waals surface area contributed by atoms with Gasteiger partial charge in [-0.15, -0.1) is 0 Å². The standard InChI is InChI=1S/C14H19F3N6O/c1-8-10(6-23(22-8)13(2,3)7-24)20-12-19-5-9(14(15,16)17)11(18-4)21-12/h5-6,24H,7H2,1-4H3,(H2,18,19,20,21). The summed E-state index contributed by atoms with van der Waals surface area (Å²) in [5, 5.41) is 18.9. The zero-order valence-corrected chi connectivity index (χ0v) is 13.7. The molecule has 0 atom stereocenters. The summed E-state index contributed by atoms with van der Waals surface area (Å²) in [6, 6.07) is 0. The lowest BCUT2D eigenvalue weighted by Gasteiger charge is -2.22. The highest BCUT2D eigenvalue weighted by Gasteiger charge is 2.35. The molecule has 0 aliphatic heterocycles. The van der Waals surface area contributed by atoms with Crippen molar-refractivity contribution in [1.29, 1.82) is 0 Å². The first-order valence-electron chi connectivity index (χ1n) is 7.15. The molecule has 2 rings (SSSR count).